The second-order valence-electron chi connectivity index (χ2n) is 6.75. The van der Waals surface area contributed by atoms with Gasteiger partial charge in [-0.05, 0) is 50.6 Å². The van der Waals surface area contributed by atoms with E-state index < -0.39 is 6.09 Å². The molecule has 26 heavy (non-hydrogen) atoms. The predicted octanol–water partition coefficient (Wildman–Crippen LogP) is 4.33. The minimum absolute atomic E-state index is 0.447. The van der Waals surface area contributed by atoms with Crippen molar-refractivity contribution in [3.8, 4) is 16.9 Å². The van der Waals surface area contributed by atoms with Crippen molar-refractivity contribution in [1.29, 1.82) is 0 Å². The number of rotatable bonds is 6. The molecule has 1 saturated heterocycles. The number of amides is 1. The van der Waals surface area contributed by atoms with Gasteiger partial charge in [-0.3, -0.25) is 4.90 Å². The van der Waals surface area contributed by atoms with E-state index in [1.807, 2.05) is 48.5 Å². The van der Waals surface area contributed by atoms with Crippen molar-refractivity contribution in [3.63, 3.8) is 0 Å². The molecular formula is C21H26N2O3. The highest BCUT2D eigenvalue weighted by Crippen LogP contribution is 2.35. The number of carboxylic acid groups (broad SMARTS) is 1. The van der Waals surface area contributed by atoms with Gasteiger partial charge < -0.3 is 14.7 Å². The average Bonchev–Trinajstić information content (AvgIpc) is 3.07. The van der Waals surface area contributed by atoms with Crippen molar-refractivity contribution in [2.45, 2.75) is 25.3 Å². The van der Waals surface area contributed by atoms with Crippen LogP contribution in [0.1, 0.15) is 19.3 Å². The van der Waals surface area contributed by atoms with Crippen LogP contribution in [0.3, 0.4) is 0 Å². The SMILES string of the molecule is COc1ccc(-c2ccccc2)c(N(CCC2CCCN2C)C(=O)O)c1. The Morgan fingerprint density at radius 1 is 1.27 bits per heavy atom. The zero-order valence-corrected chi connectivity index (χ0v) is 15.4. The number of ether oxygens (including phenoxy) is 1. The van der Waals surface area contributed by atoms with E-state index in [1.54, 1.807) is 7.11 Å². The summed E-state index contributed by atoms with van der Waals surface area (Å²) in [6, 6.07) is 15.9. The molecule has 0 spiro atoms. The normalized spacial score (nSPS) is 17.2. The summed E-state index contributed by atoms with van der Waals surface area (Å²) in [6.45, 7) is 1.56. The lowest BCUT2D eigenvalue weighted by molar-refractivity contribution is 0.200. The van der Waals surface area contributed by atoms with Gasteiger partial charge >= 0.3 is 6.09 Å². The van der Waals surface area contributed by atoms with Crippen molar-refractivity contribution < 1.29 is 14.6 Å². The molecule has 1 unspecified atom stereocenters. The molecule has 0 bridgehead atoms. The van der Waals surface area contributed by atoms with Crippen molar-refractivity contribution in [2.75, 3.05) is 32.1 Å². The van der Waals surface area contributed by atoms with Crippen LogP contribution in [-0.4, -0.2) is 49.4 Å². The van der Waals surface area contributed by atoms with E-state index in [0.717, 1.165) is 30.5 Å². The Bertz CT molecular complexity index is 748. The number of likely N-dealkylation sites (tertiary alicyclic amines) is 1. The molecule has 0 radical (unpaired) electrons. The number of anilines is 1. The molecule has 1 fully saturated rings. The standard InChI is InChI=1S/C21H26N2O3/c1-22-13-6-9-17(22)12-14-23(21(24)25)20-15-18(26-2)10-11-19(20)16-7-4-3-5-8-16/h3-5,7-8,10-11,15,17H,6,9,12-14H2,1-2H3,(H,24,25). The van der Waals surface area contributed by atoms with Crippen LogP contribution in [0.25, 0.3) is 11.1 Å². The third-order valence-corrected chi connectivity index (χ3v) is 5.17. The molecule has 5 heteroatoms. The number of methoxy groups -OCH3 is 1. The van der Waals surface area contributed by atoms with E-state index in [-0.39, 0.29) is 0 Å². The topological polar surface area (TPSA) is 53.0 Å². The van der Waals surface area contributed by atoms with Gasteiger partial charge in [-0.1, -0.05) is 30.3 Å². The molecule has 1 atom stereocenters. The van der Waals surface area contributed by atoms with Crippen molar-refractivity contribution >= 4 is 11.8 Å². The molecule has 5 nitrogen and oxygen atoms in total. The largest absolute Gasteiger partial charge is 0.497 e. The molecule has 1 amide bonds. The van der Waals surface area contributed by atoms with Crippen molar-refractivity contribution in [2.24, 2.45) is 0 Å². The first-order chi connectivity index (χ1) is 12.6. The highest BCUT2D eigenvalue weighted by molar-refractivity contribution is 5.93. The van der Waals surface area contributed by atoms with Crippen LogP contribution in [0.4, 0.5) is 10.5 Å². The fraction of sp³-hybridized carbons (Fsp3) is 0.381. The van der Waals surface area contributed by atoms with Crippen LogP contribution in [0.5, 0.6) is 5.75 Å². The molecule has 1 N–H and O–H groups in total. The summed E-state index contributed by atoms with van der Waals surface area (Å²) in [5.74, 6) is 0.656. The molecule has 138 valence electrons. The predicted molar refractivity (Wildman–Crippen MR) is 104 cm³/mol. The molecule has 1 aliphatic rings. The lowest BCUT2D eigenvalue weighted by Crippen LogP contribution is -2.35. The summed E-state index contributed by atoms with van der Waals surface area (Å²) in [7, 11) is 3.71. The molecule has 0 saturated carbocycles. The highest BCUT2D eigenvalue weighted by atomic mass is 16.5. The Kier molecular flexibility index (Phi) is 5.78. The lowest BCUT2D eigenvalue weighted by atomic mass is 10.0. The minimum atomic E-state index is -0.934. The maximum atomic E-state index is 12.0. The number of benzene rings is 2. The quantitative estimate of drug-likeness (QED) is 0.839. The first kappa shape index (κ1) is 18.3. The van der Waals surface area contributed by atoms with Gasteiger partial charge in [0.1, 0.15) is 5.75 Å². The van der Waals surface area contributed by atoms with E-state index in [9.17, 15) is 9.90 Å². The Hall–Kier alpha value is -2.53. The zero-order chi connectivity index (χ0) is 18.5. The summed E-state index contributed by atoms with van der Waals surface area (Å²) in [4.78, 5) is 15.8. The molecule has 0 aliphatic carbocycles. The Labute approximate surface area is 154 Å². The summed E-state index contributed by atoms with van der Waals surface area (Å²) < 4.78 is 5.34. The van der Waals surface area contributed by atoms with Gasteiger partial charge in [0.15, 0.2) is 0 Å². The Balaban J connectivity index is 1.93. The molecule has 2 aromatic carbocycles. The van der Waals surface area contributed by atoms with Gasteiger partial charge in [0.25, 0.3) is 0 Å². The fourth-order valence-electron chi connectivity index (χ4n) is 3.66. The first-order valence-electron chi connectivity index (χ1n) is 9.04. The molecule has 1 aliphatic heterocycles. The van der Waals surface area contributed by atoms with Crippen LogP contribution in [-0.2, 0) is 0 Å². The summed E-state index contributed by atoms with van der Waals surface area (Å²) in [5.41, 5.74) is 2.56. The smallest absolute Gasteiger partial charge is 0.411 e. The third kappa shape index (κ3) is 3.99. The van der Waals surface area contributed by atoms with Crippen LogP contribution in [0.2, 0.25) is 0 Å². The maximum absolute atomic E-state index is 12.0. The zero-order valence-electron chi connectivity index (χ0n) is 15.4. The van der Waals surface area contributed by atoms with E-state index in [4.69, 9.17) is 4.74 Å². The Morgan fingerprint density at radius 3 is 2.65 bits per heavy atom. The third-order valence-electron chi connectivity index (χ3n) is 5.17. The van der Waals surface area contributed by atoms with Gasteiger partial charge in [-0.2, -0.15) is 0 Å². The van der Waals surface area contributed by atoms with E-state index >= 15 is 0 Å². The van der Waals surface area contributed by atoms with Gasteiger partial charge in [-0.15, -0.1) is 0 Å². The second kappa shape index (κ2) is 8.23. The van der Waals surface area contributed by atoms with E-state index in [0.29, 0.717) is 24.0 Å². The van der Waals surface area contributed by atoms with E-state index in [2.05, 4.69) is 11.9 Å². The average molecular weight is 354 g/mol. The molecule has 3 rings (SSSR count). The number of hydrogen-bond donors (Lipinski definition) is 1. The molecule has 2 aromatic rings. The van der Waals surface area contributed by atoms with E-state index in [1.165, 1.54) is 11.3 Å². The van der Waals surface area contributed by atoms with Crippen LogP contribution >= 0.6 is 0 Å². The van der Waals surface area contributed by atoms with Crippen molar-refractivity contribution in [1.82, 2.24) is 4.90 Å². The monoisotopic (exact) mass is 354 g/mol. The summed E-state index contributed by atoms with van der Waals surface area (Å²) in [5, 5.41) is 9.87. The molecular weight excluding hydrogens is 328 g/mol. The number of nitrogens with zero attached hydrogens (tertiary/aromatic N) is 2. The van der Waals surface area contributed by atoms with Gasteiger partial charge in [0.05, 0.1) is 12.8 Å². The molecule has 1 heterocycles. The fourth-order valence-corrected chi connectivity index (χ4v) is 3.66. The number of carbonyl (C=O) groups is 1. The highest BCUT2D eigenvalue weighted by Gasteiger charge is 2.25. The van der Waals surface area contributed by atoms with Gasteiger partial charge in [-0.25, -0.2) is 4.79 Å². The number of hydrogen-bond acceptors (Lipinski definition) is 3. The molecule has 0 aromatic heterocycles. The maximum Gasteiger partial charge on any atom is 0.411 e. The summed E-state index contributed by atoms with van der Waals surface area (Å²) >= 11 is 0. The lowest BCUT2D eigenvalue weighted by Gasteiger charge is -2.26. The van der Waals surface area contributed by atoms with Crippen LogP contribution in [0, 0.1) is 0 Å². The summed E-state index contributed by atoms with van der Waals surface area (Å²) in [6.07, 6.45) is 2.21. The second-order valence-corrected chi connectivity index (χ2v) is 6.75. The van der Waals surface area contributed by atoms with Crippen molar-refractivity contribution in [3.05, 3.63) is 48.5 Å². The Morgan fingerprint density at radius 2 is 2.04 bits per heavy atom. The van der Waals surface area contributed by atoms with Crippen LogP contribution in [0.15, 0.2) is 48.5 Å². The first-order valence-corrected chi connectivity index (χ1v) is 9.04. The van der Waals surface area contributed by atoms with Gasteiger partial charge in [0.2, 0.25) is 0 Å². The van der Waals surface area contributed by atoms with Gasteiger partial charge in [0, 0.05) is 24.2 Å². The van der Waals surface area contributed by atoms with Crippen LogP contribution < -0.4 is 9.64 Å². The minimum Gasteiger partial charge on any atom is -0.497 e.